The van der Waals surface area contributed by atoms with Crippen molar-refractivity contribution in [2.75, 3.05) is 24.5 Å². The van der Waals surface area contributed by atoms with E-state index in [1.165, 1.54) is 6.07 Å². The number of piperidine rings is 1. The summed E-state index contributed by atoms with van der Waals surface area (Å²) >= 11 is 0. The van der Waals surface area contributed by atoms with E-state index >= 15 is 0 Å². The first-order chi connectivity index (χ1) is 8.72. The molecule has 6 nitrogen and oxygen atoms in total. The molecule has 0 saturated carbocycles. The molecule has 0 amide bonds. The largest absolute Gasteiger partial charge is 0.351 e. The Hall–Kier alpha value is -1.69. The summed E-state index contributed by atoms with van der Waals surface area (Å²) in [7, 11) is 0. The smallest absolute Gasteiger partial charge is 0.311 e. The van der Waals surface area contributed by atoms with E-state index in [-0.39, 0.29) is 10.6 Å². The normalized spacial score (nSPS) is 16.8. The summed E-state index contributed by atoms with van der Waals surface area (Å²) in [5, 5.41) is 11.0. The van der Waals surface area contributed by atoms with Gasteiger partial charge in [0.2, 0.25) is 5.82 Å². The van der Waals surface area contributed by atoms with Crippen molar-refractivity contribution in [3.05, 3.63) is 28.4 Å². The number of anilines is 1. The number of pyridine rings is 1. The van der Waals surface area contributed by atoms with Crippen LogP contribution in [-0.4, -0.2) is 29.5 Å². The van der Waals surface area contributed by atoms with Crippen LogP contribution in [0.1, 0.15) is 19.3 Å². The lowest BCUT2D eigenvalue weighted by Gasteiger charge is -2.32. The van der Waals surface area contributed by atoms with Gasteiger partial charge in [-0.05, 0) is 37.8 Å². The molecule has 18 heavy (non-hydrogen) atoms. The lowest BCUT2D eigenvalue weighted by molar-refractivity contribution is -0.384. The fourth-order valence-electron chi connectivity index (χ4n) is 2.44. The van der Waals surface area contributed by atoms with Gasteiger partial charge in [-0.1, -0.05) is 0 Å². The van der Waals surface area contributed by atoms with E-state index in [4.69, 9.17) is 5.73 Å². The highest BCUT2D eigenvalue weighted by molar-refractivity contribution is 5.57. The van der Waals surface area contributed by atoms with E-state index in [1.807, 2.05) is 4.90 Å². The predicted octanol–water partition coefficient (Wildman–Crippen LogP) is 1.55. The van der Waals surface area contributed by atoms with Crippen LogP contribution in [0.4, 0.5) is 11.5 Å². The first-order valence-corrected chi connectivity index (χ1v) is 6.26. The van der Waals surface area contributed by atoms with Crippen LogP contribution in [0.15, 0.2) is 18.3 Å². The van der Waals surface area contributed by atoms with Crippen molar-refractivity contribution in [1.82, 2.24) is 4.98 Å². The molecule has 0 spiro atoms. The molecule has 0 aliphatic carbocycles. The molecule has 1 aromatic heterocycles. The zero-order valence-electron chi connectivity index (χ0n) is 10.3. The average Bonchev–Trinajstić information content (AvgIpc) is 2.40. The third kappa shape index (κ3) is 2.76. The minimum Gasteiger partial charge on any atom is -0.351 e. The number of nitrogens with zero attached hydrogens (tertiary/aromatic N) is 3. The maximum atomic E-state index is 11.0. The zero-order valence-corrected chi connectivity index (χ0v) is 10.3. The highest BCUT2D eigenvalue weighted by Crippen LogP contribution is 2.29. The molecule has 0 unspecified atom stereocenters. The molecule has 1 aliphatic rings. The fourth-order valence-corrected chi connectivity index (χ4v) is 2.44. The molecule has 1 saturated heterocycles. The lowest BCUT2D eigenvalue weighted by atomic mass is 9.93. The van der Waals surface area contributed by atoms with Crippen molar-refractivity contribution in [3.8, 4) is 0 Å². The monoisotopic (exact) mass is 250 g/mol. The van der Waals surface area contributed by atoms with Gasteiger partial charge in [-0.25, -0.2) is 4.98 Å². The summed E-state index contributed by atoms with van der Waals surface area (Å²) in [6.07, 6.45) is 4.71. The van der Waals surface area contributed by atoms with Crippen LogP contribution in [0.25, 0.3) is 0 Å². The summed E-state index contributed by atoms with van der Waals surface area (Å²) in [6, 6.07) is 3.11. The van der Waals surface area contributed by atoms with Crippen molar-refractivity contribution in [2.45, 2.75) is 19.3 Å². The molecule has 2 N–H and O–H groups in total. The predicted molar refractivity (Wildman–Crippen MR) is 69.5 cm³/mol. The van der Waals surface area contributed by atoms with Gasteiger partial charge in [0.15, 0.2) is 0 Å². The van der Waals surface area contributed by atoms with Crippen LogP contribution in [0.3, 0.4) is 0 Å². The number of nitrogens with two attached hydrogens (primary N) is 1. The van der Waals surface area contributed by atoms with Gasteiger partial charge in [0.1, 0.15) is 0 Å². The summed E-state index contributed by atoms with van der Waals surface area (Å²) in [6.45, 7) is 2.36. The Balaban J connectivity index is 2.07. The van der Waals surface area contributed by atoms with Crippen LogP contribution >= 0.6 is 0 Å². The fraction of sp³-hybridized carbons (Fsp3) is 0.583. The number of aromatic nitrogens is 1. The Morgan fingerprint density at radius 2 is 2.22 bits per heavy atom. The van der Waals surface area contributed by atoms with E-state index < -0.39 is 0 Å². The molecule has 1 aliphatic heterocycles. The minimum atomic E-state index is -0.367. The molecule has 2 rings (SSSR count). The summed E-state index contributed by atoms with van der Waals surface area (Å²) in [4.78, 5) is 16.7. The second-order valence-electron chi connectivity index (χ2n) is 4.61. The highest BCUT2D eigenvalue weighted by Gasteiger charge is 2.25. The molecule has 2 heterocycles. The van der Waals surface area contributed by atoms with E-state index in [0.717, 1.165) is 32.4 Å². The maximum absolute atomic E-state index is 11.0. The third-order valence-corrected chi connectivity index (χ3v) is 3.45. The van der Waals surface area contributed by atoms with E-state index in [9.17, 15) is 10.1 Å². The van der Waals surface area contributed by atoms with Gasteiger partial charge in [-0.3, -0.25) is 10.1 Å². The molecule has 0 aromatic carbocycles. The van der Waals surface area contributed by atoms with Gasteiger partial charge in [0.05, 0.1) is 4.92 Å². The van der Waals surface area contributed by atoms with Gasteiger partial charge < -0.3 is 10.6 Å². The van der Waals surface area contributed by atoms with E-state index in [1.54, 1.807) is 12.3 Å². The van der Waals surface area contributed by atoms with Crippen molar-refractivity contribution in [2.24, 2.45) is 11.7 Å². The molecular weight excluding hydrogens is 232 g/mol. The Morgan fingerprint density at radius 1 is 1.50 bits per heavy atom. The maximum Gasteiger partial charge on any atom is 0.311 e. The van der Waals surface area contributed by atoms with E-state index in [2.05, 4.69) is 4.98 Å². The molecule has 1 fully saturated rings. The van der Waals surface area contributed by atoms with Crippen molar-refractivity contribution in [1.29, 1.82) is 0 Å². The summed E-state index contributed by atoms with van der Waals surface area (Å²) in [5.41, 5.74) is 5.65. The minimum absolute atomic E-state index is 0.0924. The summed E-state index contributed by atoms with van der Waals surface area (Å²) < 4.78 is 0. The number of nitro groups is 1. The van der Waals surface area contributed by atoms with Crippen molar-refractivity contribution >= 4 is 11.5 Å². The molecule has 0 radical (unpaired) electrons. The van der Waals surface area contributed by atoms with Gasteiger partial charge in [0, 0.05) is 25.4 Å². The third-order valence-electron chi connectivity index (χ3n) is 3.45. The van der Waals surface area contributed by atoms with Crippen LogP contribution < -0.4 is 10.6 Å². The Bertz CT molecular complexity index is 416. The van der Waals surface area contributed by atoms with Gasteiger partial charge in [-0.2, -0.15) is 0 Å². The van der Waals surface area contributed by atoms with Crippen LogP contribution in [0.2, 0.25) is 0 Å². The Labute approximate surface area is 106 Å². The first-order valence-electron chi connectivity index (χ1n) is 6.26. The van der Waals surface area contributed by atoms with Gasteiger partial charge in [-0.15, -0.1) is 0 Å². The SMILES string of the molecule is NCCC1CCN(c2ncccc2[N+](=O)[O-])CC1. The molecule has 0 atom stereocenters. The van der Waals surface area contributed by atoms with Crippen LogP contribution in [-0.2, 0) is 0 Å². The van der Waals surface area contributed by atoms with Crippen LogP contribution in [0, 0.1) is 16.0 Å². The Kier molecular flexibility index (Phi) is 4.09. The zero-order chi connectivity index (χ0) is 13.0. The van der Waals surface area contributed by atoms with E-state index in [0.29, 0.717) is 18.3 Å². The summed E-state index contributed by atoms with van der Waals surface area (Å²) in [5.74, 6) is 1.14. The second-order valence-corrected chi connectivity index (χ2v) is 4.61. The second kappa shape index (κ2) is 5.77. The molecular formula is C12H18N4O2. The number of rotatable bonds is 4. The molecule has 0 bridgehead atoms. The van der Waals surface area contributed by atoms with Crippen molar-refractivity contribution in [3.63, 3.8) is 0 Å². The van der Waals surface area contributed by atoms with Gasteiger partial charge in [0.25, 0.3) is 0 Å². The lowest BCUT2D eigenvalue weighted by Crippen LogP contribution is -2.35. The topological polar surface area (TPSA) is 85.3 Å². The number of hydrogen-bond acceptors (Lipinski definition) is 5. The standard InChI is InChI=1S/C12H18N4O2/c13-6-3-10-4-8-15(9-5-10)12-11(16(17)18)2-1-7-14-12/h1-2,7,10H,3-6,8-9,13H2. The first kappa shape index (κ1) is 12.8. The van der Waals surface area contributed by atoms with Crippen molar-refractivity contribution < 1.29 is 4.92 Å². The quantitative estimate of drug-likeness (QED) is 0.647. The van der Waals surface area contributed by atoms with Gasteiger partial charge >= 0.3 is 5.69 Å². The molecule has 6 heteroatoms. The Morgan fingerprint density at radius 3 is 2.83 bits per heavy atom. The molecule has 98 valence electrons. The number of hydrogen-bond donors (Lipinski definition) is 1. The highest BCUT2D eigenvalue weighted by atomic mass is 16.6. The average molecular weight is 250 g/mol. The van der Waals surface area contributed by atoms with Crippen LogP contribution in [0.5, 0.6) is 0 Å². The molecule has 1 aromatic rings.